The number of methoxy groups -OCH3 is 1. The number of nitrogens with zero attached hydrogens (tertiary/aromatic N) is 2. The van der Waals surface area contributed by atoms with Crippen LogP contribution in [0.1, 0.15) is 33.8 Å². The molecule has 3 heterocycles. The number of aromatic nitrogens is 1. The van der Waals surface area contributed by atoms with Gasteiger partial charge in [0.15, 0.2) is 0 Å². The molecule has 1 unspecified atom stereocenters. The van der Waals surface area contributed by atoms with Gasteiger partial charge in [-0.3, -0.25) is 4.79 Å². The molecule has 0 spiro atoms. The summed E-state index contributed by atoms with van der Waals surface area (Å²) < 4.78 is 48.2. The lowest BCUT2D eigenvalue weighted by molar-refractivity contribution is -0.156. The SMILES string of the molecule is COC1CCCN(C(=O)c2ccc(-c3noc(C(F)(F)F)c3C)s2)C1. The summed E-state index contributed by atoms with van der Waals surface area (Å²) in [6.45, 7) is 2.47. The maximum atomic E-state index is 12.8. The molecule has 0 aromatic carbocycles. The molecule has 25 heavy (non-hydrogen) atoms. The van der Waals surface area contributed by atoms with Crippen molar-refractivity contribution in [3.05, 3.63) is 28.3 Å². The molecule has 1 aliphatic heterocycles. The van der Waals surface area contributed by atoms with Gasteiger partial charge in [0.2, 0.25) is 5.76 Å². The van der Waals surface area contributed by atoms with E-state index in [9.17, 15) is 18.0 Å². The summed E-state index contributed by atoms with van der Waals surface area (Å²) in [4.78, 5) is 15.3. The molecular formula is C16H17F3N2O3S. The van der Waals surface area contributed by atoms with E-state index < -0.39 is 11.9 Å². The van der Waals surface area contributed by atoms with Crippen molar-refractivity contribution >= 4 is 17.2 Å². The molecule has 1 saturated heterocycles. The summed E-state index contributed by atoms with van der Waals surface area (Å²) in [5.74, 6) is -1.25. The summed E-state index contributed by atoms with van der Waals surface area (Å²) in [6, 6.07) is 3.21. The van der Waals surface area contributed by atoms with Crippen LogP contribution in [0.2, 0.25) is 0 Å². The number of ether oxygens (including phenoxy) is 1. The monoisotopic (exact) mass is 374 g/mol. The van der Waals surface area contributed by atoms with E-state index in [2.05, 4.69) is 9.68 Å². The van der Waals surface area contributed by atoms with Crippen LogP contribution >= 0.6 is 11.3 Å². The van der Waals surface area contributed by atoms with Gasteiger partial charge in [0.05, 0.1) is 15.9 Å². The lowest BCUT2D eigenvalue weighted by Crippen LogP contribution is -2.42. The number of thiophene rings is 1. The van der Waals surface area contributed by atoms with E-state index in [4.69, 9.17) is 4.74 Å². The Kier molecular flexibility index (Phi) is 4.88. The molecule has 1 atom stereocenters. The largest absolute Gasteiger partial charge is 0.452 e. The highest BCUT2D eigenvalue weighted by Gasteiger charge is 2.39. The van der Waals surface area contributed by atoms with Crippen molar-refractivity contribution in [2.45, 2.75) is 32.0 Å². The molecular weight excluding hydrogens is 357 g/mol. The second-order valence-corrected chi connectivity index (χ2v) is 6.98. The zero-order valence-corrected chi connectivity index (χ0v) is 14.5. The van der Waals surface area contributed by atoms with Crippen LogP contribution in [0.15, 0.2) is 16.7 Å². The predicted octanol–water partition coefficient (Wildman–Crippen LogP) is 3.98. The van der Waals surface area contributed by atoms with Crippen molar-refractivity contribution in [2.24, 2.45) is 0 Å². The summed E-state index contributed by atoms with van der Waals surface area (Å²) in [5.41, 5.74) is 0.0376. The number of piperidine rings is 1. The van der Waals surface area contributed by atoms with Crippen LogP contribution in [-0.2, 0) is 10.9 Å². The Morgan fingerprint density at radius 3 is 2.84 bits per heavy atom. The quantitative estimate of drug-likeness (QED) is 0.815. The molecule has 1 amide bonds. The molecule has 1 fully saturated rings. The van der Waals surface area contributed by atoms with Gasteiger partial charge in [-0.2, -0.15) is 13.2 Å². The lowest BCUT2D eigenvalue weighted by Gasteiger charge is -2.31. The van der Waals surface area contributed by atoms with Crippen molar-refractivity contribution in [3.63, 3.8) is 0 Å². The molecule has 9 heteroatoms. The molecule has 0 bridgehead atoms. The van der Waals surface area contributed by atoms with Gasteiger partial charge in [0.1, 0.15) is 5.69 Å². The standard InChI is InChI=1S/C16H17F3N2O3S/c1-9-13(20-24-14(9)16(17,18)19)11-5-6-12(25-11)15(22)21-7-3-4-10(8-21)23-2/h5-6,10H,3-4,7-8H2,1-2H3. The minimum absolute atomic E-state index is 0.0178. The Labute approximate surface area is 146 Å². The number of rotatable bonds is 3. The Bertz CT molecular complexity index is 769. The number of halogens is 3. The van der Waals surface area contributed by atoms with Gasteiger partial charge in [-0.05, 0) is 31.9 Å². The molecule has 0 saturated carbocycles. The van der Waals surface area contributed by atoms with E-state index in [1.165, 1.54) is 6.92 Å². The zero-order chi connectivity index (χ0) is 18.2. The van der Waals surface area contributed by atoms with Gasteiger partial charge < -0.3 is 14.2 Å². The van der Waals surface area contributed by atoms with Crippen LogP contribution in [-0.4, -0.2) is 42.3 Å². The second-order valence-electron chi connectivity index (χ2n) is 5.90. The van der Waals surface area contributed by atoms with Gasteiger partial charge in [-0.1, -0.05) is 5.16 Å². The highest BCUT2D eigenvalue weighted by molar-refractivity contribution is 7.17. The van der Waals surface area contributed by atoms with E-state index in [0.717, 1.165) is 24.2 Å². The van der Waals surface area contributed by atoms with E-state index in [-0.39, 0.29) is 23.3 Å². The fourth-order valence-electron chi connectivity index (χ4n) is 2.88. The molecule has 1 aliphatic rings. The first-order valence-corrected chi connectivity index (χ1v) is 8.58. The first-order chi connectivity index (χ1) is 11.8. The van der Waals surface area contributed by atoms with E-state index in [1.807, 2.05) is 0 Å². The summed E-state index contributed by atoms with van der Waals surface area (Å²) >= 11 is 1.11. The van der Waals surface area contributed by atoms with Crippen LogP contribution in [0.5, 0.6) is 0 Å². The number of hydrogen-bond donors (Lipinski definition) is 0. The van der Waals surface area contributed by atoms with Crippen molar-refractivity contribution in [2.75, 3.05) is 20.2 Å². The molecule has 0 N–H and O–H groups in total. The van der Waals surface area contributed by atoms with Crippen LogP contribution in [0.25, 0.3) is 10.6 Å². The van der Waals surface area contributed by atoms with Gasteiger partial charge in [0.25, 0.3) is 5.91 Å². The van der Waals surface area contributed by atoms with Gasteiger partial charge in [-0.25, -0.2) is 0 Å². The number of likely N-dealkylation sites (tertiary alicyclic amines) is 1. The molecule has 136 valence electrons. The van der Waals surface area contributed by atoms with Gasteiger partial charge in [-0.15, -0.1) is 11.3 Å². The summed E-state index contributed by atoms with van der Waals surface area (Å²) in [7, 11) is 1.62. The van der Waals surface area contributed by atoms with Crippen LogP contribution in [0.4, 0.5) is 13.2 Å². The molecule has 5 nitrogen and oxygen atoms in total. The van der Waals surface area contributed by atoms with Crippen LogP contribution < -0.4 is 0 Å². The Balaban J connectivity index is 1.81. The summed E-state index contributed by atoms with van der Waals surface area (Å²) in [5, 5.41) is 3.53. The fraction of sp³-hybridized carbons (Fsp3) is 0.500. The normalized spacial score (nSPS) is 18.6. The predicted molar refractivity (Wildman–Crippen MR) is 85.5 cm³/mol. The summed E-state index contributed by atoms with van der Waals surface area (Å²) in [6.07, 6.45) is -2.80. The first kappa shape index (κ1) is 17.9. The smallest absolute Gasteiger partial charge is 0.380 e. The third-order valence-electron chi connectivity index (χ3n) is 4.23. The van der Waals surface area contributed by atoms with E-state index in [0.29, 0.717) is 22.8 Å². The zero-order valence-electron chi connectivity index (χ0n) is 13.7. The molecule has 0 radical (unpaired) electrons. The minimum Gasteiger partial charge on any atom is -0.380 e. The lowest BCUT2D eigenvalue weighted by atomic mass is 10.1. The highest BCUT2D eigenvalue weighted by Crippen LogP contribution is 2.38. The number of hydrogen-bond acceptors (Lipinski definition) is 5. The van der Waals surface area contributed by atoms with Crippen molar-refractivity contribution < 1.29 is 27.2 Å². The average Bonchev–Trinajstić information content (AvgIpc) is 3.20. The maximum absolute atomic E-state index is 12.8. The Morgan fingerprint density at radius 2 is 2.20 bits per heavy atom. The van der Waals surface area contributed by atoms with E-state index in [1.54, 1.807) is 24.1 Å². The topological polar surface area (TPSA) is 55.6 Å². The third kappa shape index (κ3) is 3.57. The van der Waals surface area contributed by atoms with Crippen LogP contribution in [0, 0.1) is 6.92 Å². The third-order valence-corrected chi connectivity index (χ3v) is 5.31. The molecule has 3 rings (SSSR count). The maximum Gasteiger partial charge on any atom is 0.452 e. The van der Waals surface area contributed by atoms with Crippen LogP contribution in [0.3, 0.4) is 0 Å². The van der Waals surface area contributed by atoms with Crippen molar-refractivity contribution in [1.82, 2.24) is 10.1 Å². The van der Waals surface area contributed by atoms with Crippen molar-refractivity contribution in [1.29, 1.82) is 0 Å². The molecule has 2 aromatic rings. The van der Waals surface area contributed by atoms with Gasteiger partial charge in [0, 0.05) is 25.8 Å². The Morgan fingerprint density at radius 1 is 1.44 bits per heavy atom. The number of carbonyl (C=O) groups excluding carboxylic acids is 1. The Hall–Kier alpha value is -1.87. The van der Waals surface area contributed by atoms with Gasteiger partial charge >= 0.3 is 6.18 Å². The average molecular weight is 374 g/mol. The molecule has 0 aliphatic carbocycles. The highest BCUT2D eigenvalue weighted by atomic mass is 32.1. The second kappa shape index (κ2) is 6.80. The molecule has 2 aromatic heterocycles. The number of carbonyl (C=O) groups is 1. The van der Waals surface area contributed by atoms with Crippen molar-refractivity contribution in [3.8, 4) is 10.6 Å². The number of alkyl halides is 3. The van der Waals surface area contributed by atoms with E-state index >= 15 is 0 Å². The minimum atomic E-state index is -4.59. The fourth-order valence-corrected chi connectivity index (χ4v) is 3.89. The number of amides is 1. The first-order valence-electron chi connectivity index (χ1n) is 7.77.